The van der Waals surface area contributed by atoms with Gasteiger partial charge in [0.05, 0.1) is 5.69 Å². The third-order valence-electron chi connectivity index (χ3n) is 2.74. The molecule has 84 valence electrons. The van der Waals surface area contributed by atoms with Crippen LogP contribution in [0, 0.1) is 13.8 Å². The molecule has 2 rings (SSSR count). The van der Waals surface area contributed by atoms with E-state index in [0.717, 1.165) is 11.1 Å². The Morgan fingerprint density at radius 1 is 0.938 bits per heavy atom. The zero-order chi connectivity index (χ0) is 11.7. The van der Waals surface area contributed by atoms with Crippen LogP contribution in [0.25, 0.3) is 0 Å². The van der Waals surface area contributed by atoms with Crippen LogP contribution in [-0.4, -0.2) is 11.8 Å². The van der Waals surface area contributed by atoms with E-state index in [4.69, 9.17) is 0 Å². The molecule has 0 radical (unpaired) electrons. The Bertz CT molecular complexity index is 415. The molecule has 0 saturated carbocycles. The van der Waals surface area contributed by atoms with E-state index in [2.05, 4.69) is 0 Å². The molecular weight excluding hydrogens is 202 g/mol. The molecule has 1 fully saturated rings. The molecule has 0 aliphatic carbocycles. The van der Waals surface area contributed by atoms with Crippen molar-refractivity contribution < 1.29 is 9.59 Å². The summed E-state index contributed by atoms with van der Waals surface area (Å²) in [5.74, 6) is -0.164. The molecule has 1 aliphatic rings. The molecule has 2 amide bonds. The quantitative estimate of drug-likeness (QED) is 0.677. The lowest BCUT2D eigenvalue weighted by Crippen LogP contribution is -2.40. The fourth-order valence-corrected chi connectivity index (χ4v) is 2.12. The predicted molar refractivity (Wildman–Crippen MR) is 62.3 cm³/mol. The van der Waals surface area contributed by atoms with E-state index in [9.17, 15) is 9.59 Å². The van der Waals surface area contributed by atoms with Gasteiger partial charge >= 0.3 is 0 Å². The van der Waals surface area contributed by atoms with Gasteiger partial charge in [-0.1, -0.05) is 6.07 Å². The minimum Gasteiger partial charge on any atom is -0.274 e. The van der Waals surface area contributed by atoms with Crippen molar-refractivity contribution in [2.24, 2.45) is 0 Å². The Kier molecular flexibility index (Phi) is 2.77. The molecule has 1 aromatic rings. The Morgan fingerprint density at radius 2 is 1.44 bits per heavy atom. The number of anilines is 1. The Hall–Kier alpha value is -1.64. The van der Waals surface area contributed by atoms with Gasteiger partial charge in [0.1, 0.15) is 0 Å². The first-order valence-corrected chi connectivity index (χ1v) is 5.52. The number of aryl methyl sites for hydroxylation is 2. The summed E-state index contributed by atoms with van der Waals surface area (Å²) in [7, 11) is 0. The van der Waals surface area contributed by atoms with Crippen molar-refractivity contribution >= 4 is 17.5 Å². The summed E-state index contributed by atoms with van der Waals surface area (Å²) in [5, 5.41) is 0. The Morgan fingerprint density at radius 3 is 1.94 bits per heavy atom. The third kappa shape index (κ3) is 1.98. The highest BCUT2D eigenvalue weighted by Crippen LogP contribution is 2.24. The molecule has 3 heteroatoms. The SMILES string of the molecule is Cc1cc(C)cc(N2C(=O)CCCC2=O)c1. The summed E-state index contributed by atoms with van der Waals surface area (Å²) in [6, 6.07) is 5.80. The Labute approximate surface area is 95.1 Å². The van der Waals surface area contributed by atoms with Crippen molar-refractivity contribution in [3.8, 4) is 0 Å². The van der Waals surface area contributed by atoms with Crippen molar-refractivity contribution in [3.63, 3.8) is 0 Å². The van der Waals surface area contributed by atoms with Gasteiger partial charge in [-0.05, 0) is 43.5 Å². The van der Waals surface area contributed by atoms with Crippen molar-refractivity contribution in [2.75, 3.05) is 4.90 Å². The minimum absolute atomic E-state index is 0.0822. The summed E-state index contributed by atoms with van der Waals surface area (Å²) < 4.78 is 0. The molecule has 16 heavy (non-hydrogen) atoms. The van der Waals surface area contributed by atoms with E-state index in [1.54, 1.807) is 0 Å². The smallest absolute Gasteiger partial charge is 0.233 e. The molecule has 0 spiro atoms. The van der Waals surface area contributed by atoms with Crippen LogP contribution in [-0.2, 0) is 9.59 Å². The first-order chi connectivity index (χ1) is 7.58. The molecule has 0 N–H and O–H groups in total. The Balaban J connectivity index is 2.41. The largest absolute Gasteiger partial charge is 0.274 e. The van der Waals surface area contributed by atoms with Crippen molar-refractivity contribution in [1.29, 1.82) is 0 Å². The lowest BCUT2D eigenvalue weighted by molar-refractivity contribution is -0.129. The maximum absolute atomic E-state index is 11.7. The monoisotopic (exact) mass is 217 g/mol. The number of benzene rings is 1. The summed E-state index contributed by atoms with van der Waals surface area (Å²) >= 11 is 0. The van der Waals surface area contributed by atoms with Gasteiger partial charge < -0.3 is 0 Å². The summed E-state index contributed by atoms with van der Waals surface area (Å²) in [6.45, 7) is 3.94. The van der Waals surface area contributed by atoms with E-state index in [1.807, 2.05) is 32.0 Å². The van der Waals surface area contributed by atoms with Crippen molar-refractivity contribution in [1.82, 2.24) is 0 Å². The molecule has 0 aromatic heterocycles. The van der Waals surface area contributed by atoms with Crippen LogP contribution in [0.3, 0.4) is 0 Å². The molecule has 1 aliphatic heterocycles. The van der Waals surface area contributed by atoms with Gasteiger partial charge in [-0.2, -0.15) is 0 Å². The van der Waals surface area contributed by atoms with E-state index >= 15 is 0 Å². The van der Waals surface area contributed by atoms with Gasteiger partial charge in [-0.3, -0.25) is 14.5 Å². The van der Waals surface area contributed by atoms with Gasteiger partial charge in [0.15, 0.2) is 0 Å². The van der Waals surface area contributed by atoms with Crippen LogP contribution in [0.1, 0.15) is 30.4 Å². The zero-order valence-corrected chi connectivity index (χ0v) is 9.62. The second kappa shape index (κ2) is 4.08. The van der Waals surface area contributed by atoms with Crippen LogP contribution < -0.4 is 4.90 Å². The normalized spacial score (nSPS) is 16.8. The molecule has 0 unspecified atom stereocenters. The highest BCUT2D eigenvalue weighted by molar-refractivity contribution is 6.16. The number of rotatable bonds is 1. The van der Waals surface area contributed by atoms with E-state index in [0.29, 0.717) is 24.9 Å². The lowest BCUT2D eigenvalue weighted by atomic mass is 10.1. The number of hydrogen-bond acceptors (Lipinski definition) is 2. The molecular formula is C13H15NO2. The van der Waals surface area contributed by atoms with E-state index in [-0.39, 0.29) is 11.8 Å². The average molecular weight is 217 g/mol. The predicted octanol–water partition coefficient (Wildman–Crippen LogP) is 2.35. The number of nitrogens with zero attached hydrogens (tertiary/aromatic N) is 1. The molecule has 1 aromatic carbocycles. The first kappa shape index (κ1) is 10.9. The van der Waals surface area contributed by atoms with Gasteiger partial charge in [-0.15, -0.1) is 0 Å². The summed E-state index contributed by atoms with van der Waals surface area (Å²) in [6.07, 6.45) is 1.62. The molecule has 0 bridgehead atoms. The molecule has 3 nitrogen and oxygen atoms in total. The number of hydrogen-bond donors (Lipinski definition) is 0. The highest BCUT2D eigenvalue weighted by Gasteiger charge is 2.27. The number of carbonyl (C=O) groups is 2. The third-order valence-corrected chi connectivity index (χ3v) is 2.74. The second-order valence-electron chi connectivity index (χ2n) is 4.32. The van der Waals surface area contributed by atoms with Gasteiger partial charge in [0.25, 0.3) is 0 Å². The maximum atomic E-state index is 11.7. The van der Waals surface area contributed by atoms with Crippen LogP contribution in [0.4, 0.5) is 5.69 Å². The van der Waals surface area contributed by atoms with E-state index in [1.165, 1.54) is 4.90 Å². The number of carbonyl (C=O) groups excluding carboxylic acids is 2. The van der Waals surface area contributed by atoms with Gasteiger partial charge in [0, 0.05) is 12.8 Å². The zero-order valence-electron chi connectivity index (χ0n) is 9.62. The first-order valence-electron chi connectivity index (χ1n) is 5.52. The molecule has 1 heterocycles. The van der Waals surface area contributed by atoms with Crippen LogP contribution in [0.5, 0.6) is 0 Å². The van der Waals surface area contributed by atoms with Gasteiger partial charge in [0.2, 0.25) is 11.8 Å². The van der Waals surface area contributed by atoms with Crippen LogP contribution in [0.2, 0.25) is 0 Å². The fraction of sp³-hybridized carbons (Fsp3) is 0.385. The highest BCUT2D eigenvalue weighted by atomic mass is 16.2. The summed E-state index contributed by atoms with van der Waals surface area (Å²) in [5.41, 5.74) is 2.86. The van der Waals surface area contributed by atoms with Crippen LogP contribution >= 0.6 is 0 Å². The lowest BCUT2D eigenvalue weighted by Gasteiger charge is -2.25. The fourth-order valence-electron chi connectivity index (χ4n) is 2.12. The van der Waals surface area contributed by atoms with E-state index < -0.39 is 0 Å². The van der Waals surface area contributed by atoms with Crippen molar-refractivity contribution in [2.45, 2.75) is 33.1 Å². The topological polar surface area (TPSA) is 37.4 Å². The standard InChI is InChI=1S/C13H15NO2/c1-9-6-10(2)8-11(7-9)14-12(15)4-3-5-13(14)16/h6-8H,3-5H2,1-2H3. The number of amides is 2. The minimum atomic E-state index is -0.0822. The van der Waals surface area contributed by atoms with Gasteiger partial charge in [-0.25, -0.2) is 0 Å². The number of piperidine rings is 1. The van der Waals surface area contributed by atoms with Crippen LogP contribution in [0.15, 0.2) is 18.2 Å². The average Bonchev–Trinajstić information content (AvgIpc) is 2.15. The molecule has 0 atom stereocenters. The molecule has 1 saturated heterocycles. The summed E-state index contributed by atoms with van der Waals surface area (Å²) in [4.78, 5) is 24.8. The second-order valence-corrected chi connectivity index (χ2v) is 4.32. The van der Waals surface area contributed by atoms with Crippen molar-refractivity contribution in [3.05, 3.63) is 29.3 Å². The number of imide groups is 1. The maximum Gasteiger partial charge on any atom is 0.233 e.